The summed E-state index contributed by atoms with van der Waals surface area (Å²) in [7, 11) is -1.04. The van der Waals surface area contributed by atoms with E-state index in [0.717, 1.165) is 16.3 Å². The van der Waals surface area contributed by atoms with Crippen LogP contribution in [-0.2, 0) is 10.8 Å². The Morgan fingerprint density at radius 2 is 1.78 bits per heavy atom. The molecular weight excluding hydrogens is 328 g/mol. The van der Waals surface area contributed by atoms with Gasteiger partial charge in [-0.05, 0) is 48.5 Å². The van der Waals surface area contributed by atoms with E-state index in [1.807, 2.05) is 29.6 Å². The average molecular weight is 342 g/mol. The lowest BCUT2D eigenvalue weighted by molar-refractivity contribution is 0.102. The molecule has 23 heavy (non-hydrogen) atoms. The highest BCUT2D eigenvalue weighted by atomic mass is 32.2. The molecule has 6 heteroatoms. The molecule has 0 aliphatic rings. The van der Waals surface area contributed by atoms with E-state index in [-0.39, 0.29) is 5.91 Å². The van der Waals surface area contributed by atoms with Crippen molar-refractivity contribution in [1.82, 2.24) is 4.98 Å². The maximum Gasteiger partial charge on any atom is 0.255 e. The predicted molar refractivity (Wildman–Crippen MR) is 94.3 cm³/mol. The van der Waals surface area contributed by atoms with Crippen LogP contribution >= 0.6 is 11.3 Å². The molecule has 1 unspecified atom stereocenters. The molecule has 4 nitrogen and oxygen atoms in total. The summed E-state index contributed by atoms with van der Waals surface area (Å²) in [5.41, 5.74) is 2.27. The van der Waals surface area contributed by atoms with Gasteiger partial charge >= 0.3 is 0 Å². The van der Waals surface area contributed by atoms with Crippen molar-refractivity contribution >= 4 is 33.7 Å². The van der Waals surface area contributed by atoms with Crippen molar-refractivity contribution in [2.45, 2.75) is 4.90 Å². The normalized spacial score (nSPS) is 11.9. The van der Waals surface area contributed by atoms with Gasteiger partial charge in [-0.1, -0.05) is 0 Å². The zero-order chi connectivity index (χ0) is 16.2. The first-order valence-electron chi connectivity index (χ1n) is 6.88. The van der Waals surface area contributed by atoms with Gasteiger partial charge in [0.25, 0.3) is 5.91 Å². The van der Waals surface area contributed by atoms with Crippen LogP contribution < -0.4 is 5.32 Å². The summed E-state index contributed by atoms with van der Waals surface area (Å²) in [6.45, 7) is 0. The first kappa shape index (κ1) is 15.6. The molecule has 0 fully saturated rings. The van der Waals surface area contributed by atoms with Crippen molar-refractivity contribution in [3.8, 4) is 10.6 Å². The number of amides is 1. The maximum atomic E-state index is 12.2. The minimum absolute atomic E-state index is 0.194. The van der Waals surface area contributed by atoms with Crippen molar-refractivity contribution in [2.75, 3.05) is 11.6 Å². The number of nitrogens with zero attached hydrogens (tertiary/aromatic N) is 1. The minimum atomic E-state index is -1.04. The Morgan fingerprint density at radius 1 is 1.09 bits per heavy atom. The van der Waals surface area contributed by atoms with E-state index >= 15 is 0 Å². The minimum Gasteiger partial charge on any atom is -0.322 e. The molecule has 0 saturated carbocycles. The van der Waals surface area contributed by atoms with Gasteiger partial charge in [0.2, 0.25) is 0 Å². The molecule has 0 aliphatic carbocycles. The molecule has 1 heterocycles. The number of carbonyl (C=O) groups excluding carboxylic acids is 1. The van der Waals surface area contributed by atoms with E-state index in [1.165, 1.54) is 0 Å². The van der Waals surface area contributed by atoms with Crippen LogP contribution in [0, 0.1) is 0 Å². The van der Waals surface area contributed by atoms with Crippen molar-refractivity contribution < 1.29 is 9.00 Å². The molecular formula is C17H14N2O2S2. The average Bonchev–Trinajstić information content (AvgIpc) is 3.10. The predicted octanol–water partition coefficient (Wildman–Crippen LogP) is 3.80. The number of rotatable bonds is 4. The van der Waals surface area contributed by atoms with Crippen LogP contribution in [0.4, 0.5) is 5.69 Å². The Morgan fingerprint density at radius 3 is 2.35 bits per heavy atom. The van der Waals surface area contributed by atoms with E-state index in [1.54, 1.807) is 48.1 Å². The van der Waals surface area contributed by atoms with Crippen LogP contribution in [0.25, 0.3) is 10.6 Å². The lowest BCUT2D eigenvalue weighted by atomic mass is 10.2. The zero-order valence-corrected chi connectivity index (χ0v) is 14.0. The third-order valence-electron chi connectivity index (χ3n) is 3.27. The third-order valence-corrected chi connectivity index (χ3v) is 5.03. The summed E-state index contributed by atoms with van der Waals surface area (Å²) in [6.07, 6.45) is 3.38. The van der Waals surface area contributed by atoms with E-state index < -0.39 is 10.8 Å². The van der Waals surface area contributed by atoms with E-state index in [4.69, 9.17) is 0 Å². The standard InChI is InChI=1S/C17H14N2O2S2/c1-23(21)15-8-4-12(5-9-15)16(20)19-14-6-2-13(3-7-14)17-18-10-11-22-17/h2-11H,1H3,(H,19,20). The quantitative estimate of drug-likeness (QED) is 0.784. The molecule has 3 aromatic rings. The van der Waals surface area contributed by atoms with Crippen LogP contribution in [0.15, 0.2) is 65.0 Å². The Labute approximate surface area is 140 Å². The van der Waals surface area contributed by atoms with Crippen LogP contribution in [0.5, 0.6) is 0 Å². The number of thiazole rings is 1. The first-order chi connectivity index (χ1) is 11.1. The number of hydrogen-bond acceptors (Lipinski definition) is 4. The van der Waals surface area contributed by atoms with Crippen molar-refractivity contribution in [1.29, 1.82) is 0 Å². The highest BCUT2D eigenvalue weighted by Gasteiger charge is 2.07. The molecule has 0 saturated heterocycles. The van der Waals surface area contributed by atoms with Crippen LogP contribution in [0.2, 0.25) is 0 Å². The molecule has 1 amide bonds. The van der Waals surface area contributed by atoms with Gasteiger partial charge < -0.3 is 5.32 Å². The Kier molecular flexibility index (Phi) is 4.64. The lowest BCUT2D eigenvalue weighted by Crippen LogP contribution is -2.11. The molecule has 0 spiro atoms. The fraction of sp³-hybridized carbons (Fsp3) is 0.0588. The molecule has 1 N–H and O–H groups in total. The molecule has 2 aromatic carbocycles. The van der Waals surface area contributed by atoms with Gasteiger partial charge in [0.1, 0.15) is 5.01 Å². The van der Waals surface area contributed by atoms with Gasteiger partial charge in [0.15, 0.2) is 0 Å². The molecule has 1 atom stereocenters. The maximum absolute atomic E-state index is 12.2. The molecule has 0 bridgehead atoms. The van der Waals surface area contributed by atoms with E-state index in [9.17, 15) is 9.00 Å². The Balaban J connectivity index is 1.71. The first-order valence-corrected chi connectivity index (χ1v) is 9.32. The summed E-state index contributed by atoms with van der Waals surface area (Å²) in [6, 6.07) is 14.3. The summed E-state index contributed by atoms with van der Waals surface area (Å²) in [4.78, 5) is 17.2. The number of anilines is 1. The van der Waals surface area contributed by atoms with Gasteiger partial charge in [-0.3, -0.25) is 9.00 Å². The van der Waals surface area contributed by atoms with Gasteiger partial charge in [0.05, 0.1) is 0 Å². The second-order valence-corrected chi connectivity index (χ2v) is 7.12. The summed E-state index contributed by atoms with van der Waals surface area (Å²) in [5.74, 6) is -0.194. The Bertz CT molecular complexity index is 826. The summed E-state index contributed by atoms with van der Waals surface area (Å²) >= 11 is 1.57. The fourth-order valence-electron chi connectivity index (χ4n) is 2.06. The smallest absolute Gasteiger partial charge is 0.255 e. The van der Waals surface area contributed by atoms with E-state index in [2.05, 4.69) is 10.3 Å². The highest BCUT2D eigenvalue weighted by Crippen LogP contribution is 2.23. The number of nitrogens with one attached hydrogen (secondary N) is 1. The number of aromatic nitrogens is 1. The van der Waals surface area contributed by atoms with Gasteiger partial charge in [-0.2, -0.15) is 0 Å². The SMILES string of the molecule is CS(=O)c1ccc(C(=O)Nc2ccc(-c3nccs3)cc2)cc1. The number of hydrogen-bond donors (Lipinski definition) is 1. The monoisotopic (exact) mass is 342 g/mol. The molecule has 0 aliphatic heterocycles. The molecule has 116 valence electrons. The summed E-state index contributed by atoms with van der Waals surface area (Å²) < 4.78 is 11.4. The van der Waals surface area contributed by atoms with Crippen molar-refractivity contribution in [2.24, 2.45) is 0 Å². The van der Waals surface area contributed by atoms with Crippen LogP contribution in [-0.4, -0.2) is 21.4 Å². The molecule has 0 radical (unpaired) electrons. The second-order valence-electron chi connectivity index (χ2n) is 4.85. The lowest BCUT2D eigenvalue weighted by Gasteiger charge is -2.06. The fourth-order valence-corrected chi connectivity index (χ4v) is 3.23. The largest absolute Gasteiger partial charge is 0.322 e. The van der Waals surface area contributed by atoms with Crippen LogP contribution in [0.3, 0.4) is 0 Å². The molecule has 1 aromatic heterocycles. The van der Waals surface area contributed by atoms with Crippen LogP contribution in [0.1, 0.15) is 10.4 Å². The van der Waals surface area contributed by atoms with E-state index in [0.29, 0.717) is 10.5 Å². The van der Waals surface area contributed by atoms with Crippen molar-refractivity contribution in [3.63, 3.8) is 0 Å². The van der Waals surface area contributed by atoms with Gasteiger partial charge in [-0.15, -0.1) is 11.3 Å². The Hall–Kier alpha value is -2.31. The van der Waals surface area contributed by atoms with Gasteiger partial charge in [0, 0.05) is 50.3 Å². The highest BCUT2D eigenvalue weighted by molar-refractivity contribution is 7.84. The molecule has 3 rings (SSSR count). The summed E-state index contributed by atoms with van der Waals surface area (Å²) in [5, 5.41) is 5.73. The third kappa shape index (κ3) is 3.72. The topological polar surface area (TPSA) is 59.1 Å². The number of benzene rings is 2. The number of carbonyl (C=O) groups is 1. The second kappa shape index (κ2) is 6.85. The van der Waals surface area contributed by atoms with Gasteiger partial charge in [-0.25, -0.2) is 4.98 Å². The zero-order valence-electron chi connectivity index (χ0n) is 12.4. The van der Waals surface area contributed by atoms with Crippen molar-refractivity contribution in [3.05, 3.63) is 65.7 Å².